The molecule has 0 bridgehead atoms. The van der Waals surface area contributed by atoms with E-state index in [2.05, 4.69) is 4.98 Å². The van der Waals surface area contributed by atoms with E-state index in [4.69, 9.17) is 16.3 Å². The van der Waals surface area contributed by atoms with Crippen molar-refractivity contribution in [2.75, 3.05) is 0 Å². The van der Waals surface area contributed by atoms with Gasteiger partial charge in [-0.05, 0) is 30.7 Å². The van der Waals surface area contributed by atoms with Crippen molar-refractivity contribution in [3.63, 3.8) is 0 Å². The summed E-state index contributed by atoms with van der Waals surface area (Å²) in [6, 6.07) is 9.32. The summed E-state index contributed by atoms with van der Waals surface area (Å²) in [6.45, 7) is 1.98. The first-order valence-electron chi connectivity index (χ1n) is 5.95. The number of ether oxygens (including phenoxy) is 1. The molecule has 98 valence electrons. The normalized spacial score (nSPS) is 10.2. The molecule has 0 N–H and O–H groups in total. The van der Waals surface area contributed by atoms with Crippen molar-refractivity contribution in [3.05, 3.63) is 58.9 Å². The number of Topliss-reactive ketones (excluding diaryl/α,β-unsaturated/α-hetero) is 1. The van der Waals surface area contributed by atoms with Crippen LogP contribution in [0.15, 0.2) is 42.7 Å². The third-order valence-corrected chi connectivity index (χ3v) is 2.97. The molecule has 3 nitrogen and oxygen atoms in total. The standard InChI is InChI=1S/C15H14ClNO2/c1-11(18)8-12-2-4-14(5-3-12)19-10-13-6-7-17-9-15(13)16/h2-7,9H,8,10H2,1H3. The second-order valence-electron chi connectivity index (χ2n) is 4.28. The van der Waals surface area contributed by atoms with Crippen molar-refractivity contribution in [2.24, 2.45) is 0 Å². The molecule has 2 rings (SSSR count). The molecule has 0 amide bonds. The van der Waals surface area contributed by atoms with Gasteiger partial charge in [-0.1, -0.05) is 23.7 Å². The van der Waals surface area contributed by atoms with Crippen LogP contribution in [0.4, 0.5) is 0 Å². The van der Waals surface area contributed by atoms with Gasteiger partial charge < -0.3 is 4.74 Å². The lowest BCUT2D eigenvalue weighted by Crippen LogP contribution is -1.98. The highest BCUT2D eigenvalue weighted by molar-refractivity contribution is 6.31. The number of rotatable bonds is 5. The third-order valence-electron chi connectivity index (χ3n) is 2.63. The van der Waals surface area contributed by atoms with Crippen molar-refractivity contribution in [2.45, 2.75) is 20.0 Å². The highest BCUT2D eigenvalue weighted by Crippen LogP contribution is 2.18. The van der Waals surface area contributed by atoms with Crippen LogP contribution < -0.4 is 4.74 Å². The Balaban J connectivity index is 1.97. The molecule has 4 heteroatoms. The zero-order chi connectivity index (χ0) is 13.7. The number of carbonyl (C=O) groups is 1. The highest BCUT2D eigenvalue weighted by atomic mass is 35.5. The van der Waals surface area contributed by atoms with E-state index < -0.39 is 0 Å². The summed E-state index contributed by atoms with van der Waals surface area (Å²) in [5.74, 6) is 0.900. The van der Waals surface area contributed by atoms with Crippen LogP contribution in [0.5, 0.6) is 5.75 Å². The average Bonchev–Trinajstić information content (AvgIpc) is 2.39. The number of aromatic nitrogens is 1. The lowest BCUT2D eigenvalue weighted by Gasteiger charge is -2.08. The molecule has 0 fully saturated rings. The van der Waals surface area contributed by atoms with Gasteiger partial charge in [-0.2, -0.15) is 0 Å². The quantitative estimate of drug-likeness (QED) is 0.839. The molecule has 0 atom stereocenters. The molecule has 1 heterocycles. The van der Waals surface area contributed by atoms with Gasteiger partial charge in [-0.3, -0.25) is 9.78 Å². The Hall–Kier alpha value is -1.87. The summed E-state index contributed by atoms with van der Waals surface area (Å²) >= 11 is 5.99. The van der Waals surface area contributed by atoms with Gasteiger partial charge in [0.25, 0.3) is 0 Å². The molecule has 0 aliphatic carbocycles. The minimum atomic E-state index is 0.150. The van der Waals surface area contributed by atoms with E-state index >= 15 is 0 Å². The smallest absolute Gasteiger partial charge is 0.134 e. The zero-order valence-corrected chi connectivity index (χ0v) is 11.4. The zero-order valence-electron chi connectivity index (χ0n) is 10.6. The molecule has 1 aromatic heterocycles. The molecular formula is C15H14ClNO2. The Bertz CT molecular complexity index is 567. The number of carbonyl (C=O) groups excluding carboxylic acids is 1. The fourth-order valence-corrected chi connectivity index (χ4v) is 1.85. The van der Waals surface area contributed by atoms with Crippen LogP contribution in [-0.4, -0.2) is 10.8 Å². The molecule has 1 aromatic carbocycles. The van der Waals surface area contributed by atoms with Gasteiger partial charge in [0, 0.05) is 24.4 Å². The second-order valence-corrected chi connectivity index (χ2v) is 4.69. The topological polar surface area (TPSA) is 39.2 Å². The van der Waals surface area contributed by atoms with E-state index in [0.29, 0.717) is 18.1 Å². The van der Waals surface area contributed by atoms with E-state index in [1.54, 1.807) is 19.3 Å². The lowest BCUT2D eigenvalue weighted by molar-refractivity contribution is -0.116. The van der Waals surface area contributed by atoms with Crippen LogP contribution >= 0.6 is 11.6 Å². The minimum absolute atomic E-state index is 0.150. The van der Waals surface area contributed by atoms with E-state index in [0.717, 1.165) is 16.9 Å². The molecular weight excluding hydrogens is 262 g/mol. The first kappa shape index (κ1) is 13.6. The summed E-state index contributed by atoms with van der Waals surface area (Å²) in [5.41, 5.74) is 1.88. The first-order valence-corrected chi connectivity index (χ1v) is 6.32. The molecule has 0 radical (unpaired) electrons. The maximum absolute atomic E-state index is 11.0. The molecule has 0 unspecified atom stereocenters. The number of benzene rings is 1. The van der Waals surface area contributed by atoms with Gasteiger partial charge in [0.05, 0.1) is 5.02 Å². The summed E-state index contributed by atoms with van der Waals surface area (Å²) in [7, 11) is 0. The van der Waals surface area contributed by atoms with Crippen LogP contribution in [0.2, 0.25) is 5.02 Å². The van der Waals surface area contributed by atoms with Crippen LogP contribution in [-0.2, 0) is 17.8 Å². The Morgan fingerprint density at radius 2 is 2.00 bits per heavy atom. The number of hydrogen-bond donors (Lipinski definition) is 0. The van der Waals surface area contributed by atoms with Gasteiger partial charge >= 0.3 is 0 Å². The fourth-order valence-electron chi connectivity index (χ4n) is 1.67. The largest absolute Gasteiger partial charge is 0.489 e. The van der Waals surface area contributed by atoms with E-state index in [1.807, 2.05) is 30.3 Å². The minimum Gasteiger partial charge on any atom is -0.489 e. The Morgan fingerprint density at radius 3 is 2.63 bits per heavy atom. The van der Waals surface area contributed by atoms with Crippen LogP contribution in [0.25, 0.3) is 0 Å². The van der Waals surface area contributed by atoms with Gasteiger partial charge in [0.1, 0.15) is 18.1 Å². The predicted molar refractivity (Wildman–Crippen MR) is 74.4 cm³/mol. The summed E-state index contributed by atoms with van der Waals surface area (Å²) in [6.07, 6.45) is 3.73. The van der Waals surface area contributed by atoms with Crippen LogP contribution in [0.3, 0.4) is 0 Å². The fraction of sp³-hybridized carbons (Fsp3) is 0.200. The summed E-state index contributed by atoms with van der Waals surface area (Å²) in [4.78, 5) is 14.9. The molecule has 0 saturated heterocycles. The third kappa shape index (κ3) is 4.07. The van der Waals surface area contributed by atoms with Crippen molar-refractivity contribution in [3.8, 4) is 5.75 Å². The van der Waals surface area contributed by atoms with E-state index in [-0.39, 0.29) is 5.78 Å². The van der Waals surface area contributed by atoms with Gasteiger partial charge in [0.2, 0.25) is 0 Å². The monoisotopic (exact) mass is 275 g/mol. The number of hydrogen-bond acceptors (Lipinski definition) is 3. The molecule has 0 aliphatic rings. The van der Waals surface area contributed by atoms with Crippen molar-refractivity contribution < 1.29 is 9.53 Å². The van der Waals surface area contributed by atoms with Crippen LogP contribution in [0.1, 0.15) is 18.1 Å². The second kappa shape index (κ2) is 6.34. The summed E-state index contributed by atoms with van der Waals surface area (Å²) in [5, 5.41) is 0.593. The van der Waals surface area contributed by atoms with E-state index in [1.165, 1.54) is 0 Å². The maximum atomic E-state index is 11.0. The van der Waals surface area contributed by atoms with Crippen molar-refractivity contribution in [1.82, 2.24) is 4.98 Å². The van der Waals surface area contributed by atoms with Crippen molar-refractivity contribution in [1.29, 1.82) is 0 Å². The Morgan fingerprint density at radius 1 is 1.26 bits per heavy atom. The lowest BCUT2D eigenvalue weighted by atomic mass is 10.1. The molecule has 0 saturated carbocycles. The van der Waals surface area contributed by atoms with Gasteiger partial charge in [0.15, 0.2) is 0 Å². The average molecular weight is 276 g/mol. The van der Waals surface area contributed by atoms with Gasteiger partial charge in [-0.25, -0.2) is 0 Å². The molecule has 0 aliphatic heterocycles. The number of pyridine rings is 1. The Kier molecular flexibility index (Phi) is 4.53. The molecule has 19 heavy (non-hydrogen) atoms. The van der Waals surface area contributed by atoms with Gasteiger partial charge in [-0.15, -0.1) is 0 Å². The Labute approximate surface area is 117 Å². The van der Waals surface area contributed by atoms with Crippen LogP contribution in [0, 0.1) is 0 Å². The number of nitrogens with zero attached hydrogens (tertiary/aromatic N) is 1. The summed E-state index contributed by atoms with van der Waals surface area (Å²) < 4.78 is 5.64. The van der Waals surface area contributed by atoms with Crippen molar-refractivity contribution >= 4 is 17.4 Å². The number of ketones is 1. The SMILES string of the molecule is CC(=O)Cc1ccc(OCc2ccncc2Cl)cc1. The maximum Gasteiger partial charge on any atom is 0.134 e. The first-order chi connectivity index (χ1) is 9.15. The molecule has 0 spiro atoms. The number of halogens is 1. The highest BCUT2D eigenvalue weighted by Gasteiger charge is 2.02. The van der Waals surface area contributed by atoms with E-state index in [9.17, 15) is 4.79 Å². The predicted octanol–water partition coefficient (Wildman–Crippen LogP) is 3.45. The molecule has 2 aromatic rings.